The first-order valence-electron chi connectivity index (χ1n) is 6.82. The average Bonchev–Trinajstić information content (AvgIpc) is 2.58. The average molecular weight is 268 g/mol. The standard InChI is InChI=1S/C20H14N/c1-2-17-11-9-10-16-20(17)21(18-12-5-3-6-13-18)19-14-7-4-8-15-19/h3-16H. The highest BCUT2D eigenvalue weighted by Gasteiger charge is 2.13. The van der Waals surface area contributed by atoms with Crippen LogP contribution in [0.2, 0.25) is 0 Å². The van der Waals surface area contributed by atoms with Gasteiger partial charge in [-0.2, -0.15) is 0 Å². The summed E-state index contributed by atoms with van der Waals surface area (Å²) in [4.78, 5) is 2.14. The summed E-state index contributed by atoms with van der Waals surface area (Å²) in [6, 6.07) is 28.1. The van der Waals surface area contributed by atoms with Crippen LogP contribution in [-0.2, 0) is 0 Å². The molecule has 0 saturated carbocycles. The van der Waals surface area contributed by atoms with E-state index in [-0.39, 0.29) is 0 Å². The van der Waals surface area contributed by atoms with Crippen molar-refractivity contribution >= 4 is 17.1 Å². The van der Waals surface area contributed by atoms with Gasteiger partial charge in [0, 0.05) is 16.9 Å². The predicted molar refractivity (Wildman–Crippen MR) is 87.4 cm³/mol. The molecule has 3 aromatic carbocycles. The Hall–Kier alpha value is -2.98. The fourth-order valence-electron chi connectivity index (χ4n) is 2.36. The zero-order chi connectivity index (χ0) is 14.5. The maximum Gasteiger partial charge on any atom is 0.0618 e. The minimum atomic E-state index is 0.769. The summed E-state index contributed by atoms with van der Waals surface area (Å²) < 4.78 is 0. The van der Waals surface area contributed by atoms with E-state index in [1.165, 1.54) is 0 Å². The lowest BCUT2D eigenvalue weighted by Crippen LogP contribution is -2.11. The third kappa shape index (κ3) is 2.66. The molecular formula is C20H14N. The highest BCUT2D eigenvalue weighted by Crippen LogP contribution is 2.35. The van der Waals surface area contributed by atoms with Crippen LogP contribution in [0.15, 0.2) is 84.9 Å². The maximum absolute atomic E-state index is 7.53. The van der Waals surface area contributed by atoms with Gasteiger partial charge in [-0.3, -0.25) is 0 Å². The Morgan fingerprint density at radius 3 is 1.62 bits per heavy atom. The number of hydrogen-bond donors (Lipinski definition) is 0. The first-order chi connectivity index (χ1) is 10.4. The molecule has 0 aliphatic heterocycles. The molecule has 0 heterocycles. The molecule has 3 rings (SSSR count). The van der Waals surface area contributed by atoms with Crippen LogP contribution in [0.4, 0.5) is 17.1 Å². The number of benzene rings is 3. The van der Waals surface area contributed by atoms with E-state index in [1.54, 1.807) is 0 Å². The Morgan fingerprint density at radius 2 is 1.10 bits per heavy atom. The largest absolute Gasteiger partial charge is 0.309 e. The van der Waals surface area contributed by atoms with Gasteiger partial charge in [0.05, 0.1) is 5.69 Å². The SMILES string of the molecule is [C]#Cc1ccccc1N(c1ccccc1)c1ccccc1. The van der Waals surface area contributed by atoms with Crippen molar-refractivity contribution in [3.05, 3.63) is 96.9 Å². The summed E-state index contributed by atoms with van der Waals surface area (Å²) in [6.07, 6.45) is 7.53. The Morgan fingerprint density at radius 1 is 0.619 bits per heavy atom. The molecule has 0 saturated heterocycles. The van der Waals surface area contributed by atoms with Crippen molar-refractivity contribution in [3.8, 4) is 5.92 Å². The lowest BCUT2D eigenvalue weighted by atomic mass is 10.1. The Bertz CT molecular complexity index is 715. The van der Waals surface area contributed by atoms with Gasteiger partial charge in [-0.25, -0.2) is 0 Å². The van der Waals surface area contributed by atoms with E-state index in [0.717, 1.165) is 22.6 Å². The van der Waals surface area contributed by atoms with Crippen LogP contribution in [0.25, 0.3) is 0 Å². The highest BCUT2D eigenvalue weighted by atomic mass is 15.1. The molecule has 1 nitrogen and oxygen atoms in total. The van der Waals surface area contributed by atoms with Gasteiger partial charge in [0.15, 0.2) is 0 Å². The van der Waals surface area contributed by atoms with Crippen LogP contribution in [0.3, 0.4) is 0 Å². The summed E-state index contributed by atoms with van der Waals surface area (Å²) in [5.74, 6) is 2.52. The van der Waals surface area contributed by atoms with Crippen LogP contribution in [0.5, 0.6) is 0 Å². The van der Waals surface area contributed by atoms with Gasteiger partial charge in [0.25, 0.3) is 0 Å². The molecule has 0 amide bonds. The van der Waals surface area contributed by atoms with Gasteiger partial charge in [0.1, 0.15) is 0 Å². The smallest absolute Gasteiger partial charge is 0.0618 e. The lowest BCUT2D eigenvalue weighted by Gasteiger charge is -2.26. The normalized spacial score (nSPS) is 9.86. The van der Waals surface area contributed by atoms with E-state index in [1.807, 2.05) is 60.7 Å². The van der Waals surface area contributed by atoms with Gasteiger partial charge < -0.3 is 4.90 Å². The second kappa shape index (κ2) is 5.98. The third-order valence-corrected chi connectivity index (χ3v) is 3.31. The first-order valence-corrected chi connectivity index (χ1v) is 6.82. The highest BCUT2D eigenvalue weighted by molar-refractivity contribution is 5.79. The van der Waals surface area contributed by atoms with Gasteiger partial charge in [-0.15, -0.1) is 0 Å². The van der Waals surface area contributed by atoms with E-state index in [4.69, 9.17) is 6.42 Å². The molecule has 0 spiro atoms. The molecule has 0 fully saturated rings. The van der Waals surface area contributed by atoms with Crippen LogP contribution < -0.4 is 4.90 Å². The molecule has 0 aliphatic rings. The molecule has 0 N–H and O–H groups in total. The second-order valence-corrected chi connectivity index (χ2v) is 4.65. The number of para-hydroxylation sites is 3. The summed E-state index contributed by atoms with van der Waals surface area (Å²) in [6.45, 7) is 0. The van der Waals surface area contributed by atoms with Crippen LogP contribution in [-0.4, -0.2) is 0 Å². The summed E-state index contributed by atoms with van der Waals surface area (Å²) in [7, 11) is 0. The minimum absolute atomic E-state index is 0.769. The third-order valence-electron chi connectivity index (χ3n) is 3.31. The van der Waals surface area contributed by atoms with Crippen molar-refractivity contribution in [2.24, 2.45) is 0 Å². The van der Waals surface area contributed by atoms with Crippen LogP contribution in [0.1, 0.15) is 5.56 Å². The Balaban J connectivity index is 2.21. The van der Waals surface area contributed by atoms with E-state index in [2.05, 4.69) is 35.1 Å². The summed E-state index contributed by atoms with van der Waals surface area (Å²) in [5, 5.41) is 0. The van der Waals surface area contributed by atoms with E-state index in [9.17, 15) is 0 Å². The van der Waals surface area contributed by atoms with Crippen molar-refractivity contribution in [1.82, 2.24) is 0 Å². The molecule has 3 aromatic rings. The van der Waals surface area contributed by atoms with Crippen molar-refractivity contribution < 1.29 is 0 Å². The van der Waals surface area contributed by atoms with Crippen molar-refractivity contribution in [2.45, 2.75) is 0 Å². The Labute approximate surface area is 125 Å². The summed E-state index contributed by atoms with van der Waals surface area (Å²) in [5.41, 5.74) is 3.84. The minimum Gasteiger partial charge on any atom is -0.309 e. The molecular weight excluding hydrogens is 254 g/mol. The number of anilines is 3. The number of rotatable bonds is 3. The second-order valence-electron chi connectivity index (χ2n) is 4.65. The lowest BCUT2D eigenvalue weighted by molar-refractivity contribution is 1.27. The zero-order valence-corrected chi connectivity index (χ0v) is 11.5. The molecule has 0 atom stereocenters. The van der Waals surface area contributed by atoms with Crippen LogP contribution in [0, 0.1) is 12.3 Å². The monoisotopic (exact) mass is 268 g/mol. The Kier molecular flexibility index (Phi) is 3.71. The van der Waals surface area contributed by atoms with Crippen LogP contribution >= 0.6 is 0 Å². The van der Waals surface area contributed by atoms with E-state index >= 15 is 0 Å². The van der Waals surface area contributed by atoms with Gasteiger partial charge in [0.2, 0.25) is 0 Å². The van der Waals surface area contributed by atoms with Crippen molar-refractivity contribution in [3.63, 3.8) is 0 Å². The molecule has 0 unspecified atom stereocenters. The summed E-state index contributed by atoms with van der Waals surface area (Å²) >= 11 is 0. The van der Waals surface area contributed by atoms with Crippen molar-refractivity contribution in [2.75, 3.05) is 4.90 Å². The molecule has 1 heteroatoms. The quantitative estimate of drug-likeness (QED) is 0.598. The first kappa shape index (κ1) is 13.0. The molecule has 0 aromatic heterocycles. The maximum atomic E-state index is 7.53. The van der Waals surface area contributed by atoms with Gasteiger partial charge >= 0.3 is 0 Å². The van der Waals surface area contributed by atoms with Gasteiger partial charge in [-0.05, 0) is 42.8 Å². The molecule has 0 bridgehead atoms. The fourth-order valence-corrected chi connectivity index (χ4v) is 2.36. The predicted octanol–water partition coefficient (Wildman–Crippen LogP) is 5.09. The molecule has 1 radical (unpaired) electrons. The van der Waals surface area contributed by atoms with E-state index < -0.39 is 0 Å². The molecule has 0 aliphatic carbocycles. The molecule has 21 heavy (non-hydrogen) atoms. The molecule has 99 valence electrons. The van der Waals surface area contributed by atoms with E-state index in [0.29, 0.717) is 0 Å². The number of hydrogen-bond acceptors (Lipinski definition) is 1. The van der Waals surface area contributed by atoms with Crippen molar-refractivity contribution in [1.29, 1.82) is 0 Å². The fraction of sp³-hybridized carbons (Fsp3) is 0. The topological polar surface area (TPSA) is 3.24 Å². The van der Waals surface area contributed by atoms with Gasteiger partial charge in [-0.1, -0.05) is 54.5 Å². The zero-order valence-electron chi connectivity index (χ0n) is 11.5. The number of nitrogens with zero attached hydrogens (tertiary/aromatic N) is 1.